The number of nitrogens with zero attached hydrogens (tertiary/aromatic N) is 3. The lowest BCUT2D eigenvalue weighted by molar-refractivity contribution is -0.394. The summed E-state index contributed by atoms with van der Waals surface area (Å²) in [6.07, 6.45) is 0.0766. The van der Waals surface area contributed by atoms with E-state index in [1.54, 1.807) is 38.1 Å². The van der Waals surface area contributed by atoms with Crippen LogP contribution < -0.4 is 35.0 Å². The molecule has 0 spiro atoms. The van der Waals surface area contributed by atoms with Crippen molar-refractivity contribution in [2.75, 3.05) is 27.4 Å². The lowest BCUT2D eigenvalue weighted by Crippen LogP contribution is -2.45. The molecule has 1 aliphatic rings. The van der Waals surface area contributed by atoms with Crippen molar-refractivity contribution in [1.29, 1.82) is 0 Å². The molecule has 0 aromatic heterocycles. The van der Waals surface area contributed by atoms with Gasteiger partial charge in [0.25, 0.3) is 5.69 Å². The molecular weight excluding hydrogens is 728 g/mol. The summed E-state index contributed by atoms with van der Waals surface area (Å²) in [6.45, 7) is 3.37. The number of aliphatic hydroxyl groups excluding tert-OH is 1. The zero-order chi connectivity index (χ0) is 36.5. The molecule has 4 rings (SSSR count). The van der Waals surface area contributed by atoms with Gasteiger partial charge in [0, 0.05) is 11.8 Å². The first-order chi connectivity index (χ1) is 23.9. The third-order valence-corrected chi connectivity index (χ3v) is 7.51. The Kier molecular flexibility index (Phi) is 12.1. The fourth-order valence-corrected chi connectivity index (χ4v) is 5.23. The van der Waals surface area contributed by atoms with Crippen LogP contribution in [0.5, 0.6) is 28.7 Å². The lowest BCUT2D eigenvalue weighted by Gasteiger charge is -2.28. The molecule has 3 aromatic carbocycles. The van der Waals surface area contributed by atoms with E-state index in [1.165, 1.54) is 26.5 Å². The Labute approximate surface area is 292 Å². The Balaban J connectivity index is 1.44. The molecule has 18 nitrogen and oxygen atoms in total. The van der Waals surface area contributed by atoms with Gasteiger partial charge in [-0.2, -0.15) is 5.10 Å². The summed E-state index contributed by atoms with van der Waals surface area (Å²) in [6, 6.07) is 9.58. The van der Waals surface area contributed by atoms with Crippen molar-refractivity contribution in [2.45, 2.75) is 26.1 Å². The highest BCUT2D eigenvalue weighted by Gasteiger charge is 2.32. The number of aliphatic hydroxyl groups is 1. The fraction of sp³-hybridized carbons (Fsp3) is 0.258. The van der Waals surface area contributed by atoms with Crippen LogP contribution in [0.25, 0.3) is 0 Å². The summed E-state index contributed by atoms with van der Waals surface area (Å²) < 4.78 is 27.8. The number of methoxy groups -OCH3 is 2. The number of amides is 2. The van der Waals surface area contributed by atoms with Crippen LogP contribution in [0.3, 0.4) is 0 Å². The predicted octanol–water partition coefficient (Wildman–Crippen LogP) is 4.59. The summed E-state index contributed by atoms with van der Waals surface area (Å²) in [5.41, 5.74) is 3.01. The topological polar surface area (TPSA) is 235 Å². The van der Waals surface area contributed by atoms with Gasteiger partial charge in [0.1, 0.15) is 6.61 Å². The minimum absolute atomic E-state index is 0.0642. The molecule has 0 saturated heterocycles. The van der Waals surface area contributed by atoms with Crippen LogP contribution in [0, 0.1) is 20.2 Å². The van der Waals surface area contributed by atoms with Crippen molar-refractivity contribution in [3.63, 3.8) is 0 Å². The van der Waals surface area contributed by atoms with Gasteiger partial charge >= 0.3 is 17.7 Å². The number of carbonyl (C=O) groups is 2. The smallest absolute Gasteiger partial charge is 0.337 e. The number of hydrogen-bond donors (Lipinski definition) is 4. The Morgan fingerprint density at radius 3 is 2.46 bits per heavy atom. The van der Waals surface area contributed by atoms with Gasteiger partial charge < -0.3 is 39.4 Å². The highest BCUT2D eigenvalue weighted by Crippen LogP contribution is 2.43. The van der Waals surface area contributed by atoms with Crippen molar-refractivity contribution in [3.8, 4) is 28.7 Å². The summed E-state index contributed by atoms with van der Waals surface area (Å²) in [5, 5.41) is 42.4. The van der Waals surface area contributed by atoms with E-state index in [4.69, 9.17) is 23.7 Å². The molecule has 50 heavy (non-hydrogen) atoms. The second kappa shape index (κ2) is 16.4. The summed E-state index contributed by atoms with van der Waals surface area (Å²) in [5.74, 6) is -0.0697. The maximum absolute atomic E-state index is 12.5. The number of nitrogens with one attached hydrogen (secondary N) is 3. The first kappa shape index (κ1) is 36.9. The zero-order valence-corrected chi connectivity index (χ0v) is 28.5. The summed E-state index contributed by atoms with van der Waals surface area (Å²) in [4.78, 5) is 45.7. The first-order valence-electron chi connectivity index (χ1n) is 14.6. The second-order valence-corrected chi connectivity index (χ2v) is 11.1. The Hall–Kier alpha value is -5.95. The first-order valence-corrected chi connectivity index (χ1v) is 15.4. The molecular formula is C31H31BrN6O12. The second-order valence-electron chi connectivity index (χ2n) is 10.2. The number of ether oxygens (including phenoxy) is 5. The molecule has 1 heterocycles. The highest BCUT2D eigenvalue weighted by atomic mass is 79.9. The molecule has 264 valence electrons. The number of hydrazone groups is 1. The average Bonchev–Trinajstić information content (AvgIpc) is 3.08. The van der Waals surface area contributed by atoms with Crippen LogP contribution in [-0.4, -0.2) is 66.8 Å². The monoisotopic (exact) mass is 758 g/mol. The van der Waals surface area contributed by atoms with Crippen LogP contribution in [0.4, 0.5) is 16.2 Å². The van der Waals surface area contributed by atoms with Gasteiger partial charge in [-0.25, -0.2) is 9.59 Å². The van der Waals surface area contributed by atoms with E-state index in [0.29, 0.717) is 27.0 Å². The van der Waals surface area contributed by atoms with Crippen LogP contribution in [0.15, 0.2) is 69.4 Å². The van der Waals surface area contributed by atoms with Crippen molar-refractivity contribution < 1.29 is 48.2 Å². The number of non-ortho nitro benzene ring substituents is 1. The summed E-state index contributed by atoms with van der Waals surface area (Å²) in [7, 11) is 2.59. The minimum Gasteiger partial charge on any atom is -0.493 e. The van der Waals surface area contributed by atoms with Crippen LogP contribution >= 0.6 is 15.9 Å². The maximum atomic E-state index is 12.5. The van der Waals surface area contributed by atoms with E-state index < -0.39 is 45.5 Å². The molecule has 19 heteroatoms. The van der Waals surface area contributed by atoms with Gasteiger partial charge in [-0.15, -0.1) is 0 Å². The predicted molar refractivity (Wildman–Crippen MR) is 179 cm³/mol. The maximum Gasteiger partial charge on any atom is 0.337 e. The SMILES string of the molecule is CCOc1cc([C@H]2NC(=O)NC(C)=C2C(=O)OC)ccc1OC[C@@H](O)N/N=C\c1cc(Br)c(Oc2ccc([N+](=O)[O-])cc2[N+](=O)[O-])c(OC)c1. The van der Waals surface area contributed by atoms with E-state index in [2.05, 4.69) is 37.1 Å². The van der Waals surface area contributed by atoms with Gasteiger partial charge in [-0.05, 0) is 71.2 Å². The standard InChI is InChI=1S/C31H31BrN6O12/c1-5-48-24-12-18(28-27(30(40)47-4)16(2)34-31(41)35-28)6-8-23(24)49-15-26(39)36-33-14-17-10-20(32)29(25(11-17)46-3)50-22-9-7-19(37(42)43)13-21(22)38(44)45/h6-14,26,28,36,39H,5,15H2,1-4H3,(H2,34,35,41)/b33-14-/t26-,28-/m1/s1. The molecule has 2 amide bonds. The van der Waals surface area contributed by atoms with E-state index in [0.717, 1.165) is 18.2 Å². The van der Waals surface area contributed by atoms with E-state index >= 15 is 0 Å². The zero-order valence-electron chi connectivity index (χ0n) is 26.9. The number of urea groups is 1. The van der Waals surface area contributed by atoms with Crippen molar-refractivity contribution in [1.82, 2.24) is 16.1 Å². The van der Waals surface area contributed by atoms with E-state index in [9.17, 15) is 34.9 Å². The molecule has 0 aliphatic carbocycles. The average molecular weight is 760 g/mol. The van der Waals surface area contributed by atoms with Gasteiger partial charge in [-0.1, -0.05) is 6.07 Å². The van der Waals surface area contributed by atoms with E-state index in [-0.39, 0.29) is 41.8 Å². The number of esters is 1. The number of benzene rings is 3. The molecule has 4 N–H and O–H groups in total. The van der Waals surface area contributed by atoms with Gasteiger partial charge in [0.05, 0.1) is 59.0 Å². The van der Waals surface area contributed by atoms with Crippen LogP contribution in [0.2, 0.25) is 0 Å². The van der Waals surface area contributed by atoms with Gasteiger partial charge in [0.2, 0.25) is 5.75 Å². The molecule has 3 aromatic rings. The Morgan fingerprint density at radius 1 is 1.06 bits per heavy atom. The van der Waals surface area contributed by atoms with Crippen LogP contribution in [0.1, 0.15) is 31.0 Å². The third kappa shape index (κ3) is 8.74. The number of rotatable bonds is 15. The molecule has 0 fully saturated rings. The number of nitro benzene ring substituents is 2. The molecule has 0 unspecified atom stereocenters. The van der Waals surface area contributed by atoms with Gasteiger partial charge in [-0.3, -0.25) is 25.7 Å². The normalized spacial score (nSPS) is 14.7. The molecule has 0 radical (unpaired) electrons. The van der Waals surface area contributed by atoms with Crippen molar-refractivity contribution in [2.24, 2.45) is 5.10 Å². The van der Waals surface area contributed by atoms with Gasteiger partial charge in [0.15, 0.2) is 29.2 Å². The number of nitro groups is 2. The number of halogens is 1. The van der Waals surface area contributed by atoms with Crippen molar-refractivity contribution >= 4 is 45.5 Å². The lowest BCUT2D eigenvalue weighted by atomic mass is 9.95. The number of allylic oxidation sites excluding steroid dienone is 1. The Bertz CT molecular complexity index is 1870. The number of carbonyl (C=O) groups excluding carboxylic acids is 2. The third-order valence-electron chi connectivity index (χ3n) is 6.92. The fourth-order valence-electron chi connectivity index (χ4n) is 4.69. The highest BCUT2D eigenvalue weighted by molar-refractivity contribution is 9.10. The van der Waals surface area contributed by atoms with Crippen LogP contribution in [-0.2, 0) is 9.53 Å². The van der Waals surface area contributed by atoms with E-state index in [1.807, 2.05) is 0 Å². The summed E-state index contributed by atoms with van der Waals surface area (Å²) >= 11 is 3.34. The van der Waals surface area contributed by atoms with Crippen molar-refractivity contribution in [3.05, 3.63) is 95.6 Å². The number of hydrogen-bond acceptors (Lipinski definition) is 14. The molecule has 0 bridgehead atoms. The molecule has 2 atom stereocenters. The molecule has 0 saturated carbocycles. The molecule has 1 aliphatic heterocycles. The minimum atomic E-state index is -1.28. The quantitative estimate of drug-likeness (QED) is 0.0547. The largest absolute Gasteiger partial charge is 0.493 e. The Morgan fingerprint density at radius 2 is 1.80 bits per heavy atom.